The number of phenolic OH excluding ortho intramolecular Hbond substituents is 1. The minimum Gasteiger partial charge on any atom is -0.508 e. The van der Waals surface area contributed by atoms with Gasteiger partial charge in [-0.2, -0.15) is 0 Å². The highest BCUT2D eigenvalue weighted by Gasteiger charge is 2.33. The third-order valence-electron chi connectivity index (χ3n) is 7.69. The highest BCUT2D eigenvalue weighted by molar-refractivity contribution is 6.06. The first-order valence-electron chi connectivity index (χ1n) is 14.1. The van der Waals surface area contributed by atoms with Crippen molar-refractivity contribution in [3.05, 3.63) is 108 Å². The summed E-state index contributed by atoms with van der Waals surface area (Å²) in [6, 6.07) is 26.2. The molecule has 3 aromatic carbocycles. The van der Waals surface area contributed by atoms with Crippen molar-refractivity contribution >= 4 is 23.5 Å². The van der Waals surface area contributed by atoms with Crippen LogP contribution in [0.15, 0.2) is 91.1 Å². The van der Waals surface area contributed by atoms with E-state index >= 15 is 0 Å². The SMILES string of the molecule is CC(=N)OC(=N)c1cccc(-n2ccc(N(C(=O)c3cccc(O)c3)[C@H]3CC[C@H](N(C)Cc4ccccc4)CC3)n2)c1. The number of benzene rings is 3. The summed E-state index contributed by atoms with van der Waals surface area (Å²) in [6.07, 6.45) is 5.36. The summed E-state index contributed by atoms with van der Waals surface area (Å²) in [5, 5.41) is 30.5. The molecule has 1 aliphatic rings. The quantitative estimate of drug-likeness (QED) is 0.179. The van der Waals surface area contributed by atoms with Gasteiger partial charge in [0.2, 0.25) is 5.90 Å². The molecule has 0 saturated heterocycles. The van der Waals surface area contributed by atoms with E-state index in [0.717, 1.165) is 32.2 Å². The fourth-order valence-electron chi connectivity index (χ4n) is 5.58. The van der Waals surface area contributed by atoms with Gasteiger partial charge in [0.05, 0.1) is 5.69 Å². The van der Waals surface area contributed by atoms with Crippen LogP contribution in [0.4, 0.5) is 5.82 Å². The molecule has 3 N–H and O–H groups in total. The maximum Gasteiger partial charge on any atom is 0.259 e. The first-order chi connectivity index (χ1) is 20.3. The van der Waals surface area contributed by atoms with E-state index in [-0.39, 0.29) is 29.5 Å². The molecule has 4 aromatic rings. The summed E-state index contributed by atoms with van der Waals surface area (Å²) >= 11 is 0. The van der Waals surface area contributed by atoms with Crippen molar-refractivity contribution < 1.29 is 14.6 Å². The van der Waals surface area contributed by atoms with Crippen molar-refractivity contribution in [3.63, 3.8) is 0 Å². The highest BCUT2D eigenvalue weighted by Crippen LogP contribution is 2.31. The molecule has 1 heterocycles. The summed E-state index contributed by atoms with van der Waals surface area (Å²) in [6.45, 7) is 2.36. The topological polar surface area (TPSA) is 119 Å². The highest BCUT2D eigenvalue weighted by atomic mass is 16.5. The third-order valence-corrected chi connectivity index (χ3v) is 7.69. The predicted octanol–water partition coefficient (Wildman–Crippen LogP) is 6.01. The average Bonchev–Trinajstić information content (AvgIpc) is 3.47. The lowest BCUT2D eigenvalue weighted by Crippen LogP contribution is -2.46. The summed E-state index contributed by atoms with van der Waals surface area (Å²) in [7, 11) is 2.16. The number of carbonyl (C=O) groups excluding carboxylic acids is 1. The zero-order chi connectivity index (χ0) is 29.6. The van der Waals surface area contributed by atoms with Gasteiger partial charge in [0, 0.05) is 48.9 Å². The Morgan fingerprint density at radius 3 is 2.33 bits per heavy atom. The van der Waals surface area contributed by atoms with E-state index in [1.165, 1.54) is 18.6 Å². The molecule has 5 rings (SSSR count). The van der Waals surface area contributed by atoms with Gasteiger partial charge >= 0.3 is 0 Å². The van der Waals surface area contributed by atoms with E-state index in [0.29, 0.717) is 28.7 Å². The maximum absolute atomic E-state index is 13.9. The van der Waals surface area contributed by atoms with Crippen molar-refractivity contribution in [2.75, 3.05) is 11.9 Å². The summed E-state index contributed by atoms with van der Waals surface area (Å²) in [4.78, 5) is 18.1. The molecular formula is C33H36N6O3. The number of amides is 1. The molecule has 1 saturated carbocycles. The van der Waals surface area contributed by atoms with E-state index in [4.69, 9.17) is 20.7 Å². The maximum atomic E-state index is 13.9. The Bertz CT molecular complexity index is 1560. The molecule has 0 aliphatic heterocycles. The first-order valence-corrected chi connectivity index (χ1v) is 14.1. The van der Waals surface area contributed by atoms with E-state index in [1.54, 1.807) is 52.2 Å². The van der Waals surface area contributed by atoms with Gasteiger partial charge in [-0.1, -0.05) is 42.5 Å². The van der Waals surface area contributed by atoms with Crippen molar-refractivity contribution in [1.82, 2.24) is 14.7 Å². The number of hydrogen-bond donors (Lipinski definition) is 3. The standard InChI is InChI=1S/C33H36N6O3/c1-23(34)42-32(35)25-10-6-12-29(20-25)38-19-18-31(36-38)39(33(41)26-11-7-13-30(40)21-26)28-16-14-27(15-17-28)37(2)22-24-8-4-3-5-9-24/h3-13,18-21,27-28,34-35,40H,14-17,22H2,1-2H3/t27-,28-. The van der Waals surface area contributed by atoms with Gasteiger partial charge in [0.25, 0.3) is 5.91 Å². The Balaban J connectivity index is 1.38. The lowest BCUT2D eigenvalue weighted by molar-refractivity contribution is 0.0957. The van der Waals surface area contributed by atoms with Crippen LogP contribution in [0.5, 0.6) is 5.75 Å². The minimum atomic E-state index is -0.206. The number of rotatable bonds is 8. The second-order valence-corrected chi connectivity index (χ2v) is 10.7. The van der Waals surface area contributed by atoms with Crippen molar-refractivity contribution in [3.8, 4) is 11.4 Å². The van der Waals surface area contributed by atoms with Crippen LogP contribution in [0.25, 0.3) is 5.69 Å². The minimum absolute atomic E-state index is 0.0409. The number of ether oxygens (including phenoxy) is 1. The molecule has 1 aromatic heterocycles. The lowest BCUT2D eigenvalue weighted by Gasteiger charge is -2.39. The molecule has 0 radical (unpaired) electrons. The van der Waals surface area contributed by atoms with Crippen LogP contribution in [0.1, 0.15) is 54.1 Å². The number of anilines is 1. The Hall–Kier alpha value is -4.76. The summed E-state index contributed by atoms with van der Waals surface area (Å²) in [5.41, 5.74) is 2.90. The fraction of sp³-hybridized carbons (Fsp3) is 0.273. The zero-order valence-electron chi connectivity index (χ0n) is 23.9. The Morgan fingerprint density at radius 2 is 1.62 bits per heavy atom. The molecule has 1 amide bonds. The Labute approximate surface area is 246 Å². The van der Waals surface area contributed by atoms with Gasteiger partial charge in [-0.15, -0.1) is 5.10 Å². The smallest absolute Gasteiger partial charge is 0.259 e. The van der Waals surface area contributed by atoms with Crippen LogP contribution in [0.2, 0.25) is 0 Å². The summed E-state index contributed by atoms with van der Waals surface area (Å²) < 4.78 is 6.83. The molecule has 0 bridgehead atoms. The molecule has 42 heavy (non-hydrogen) atoms. The molecule has 9 heteroatoms. The fourth-order valence-corrected chi connectivity index (χ4v) is 5.58. The zero-order valence-corrected chi connectivity index (χ0v) is 23.9. The third kappa shape index (κ3) is 6.75. The van der Waals surface area contributed by atoms with Gasteiger partial charge in [-0.05, 0) is 74.7 Å². The molecule has 216 valence electrons. The van der Waals surface area contributed by atoms with E-state index in [9.17, 15) is 9.90 Å². The van der Waals surface area contributed by atoms with Crippen LogP contribution >= 0.6 is 0 Å². The molecule has 9 nitrogen and oxygen atoms in total. The number of nitrogens with zero attached hydrogens (tertiary/aromatic N) is 4. The number of aromatic nitrogens is 2. The number of aromatic hydroxyl groups is 1. The van der Waals surface area contributed by atoms with Crippen LogP contribution in [-0.4, -0.2) is 56.6 Å². The van der Waals surface area contributed by atoms with Gasteiger partial charge in [0.1, 0.15) is 5.75 Å². The Morgan fingerprint density at radius 1 is 0.929 bits per heavy atom. The Kier molecular flexibility index (Phi) is 8.78. The predicted molar refractivity (Wildman–Crippen MR) is 164 cm³/mol. The number of phenols is 1. The van der Waals surface area contributed by atoms with Crippen LogP contribution < -0.4 is 4.90 Å². The van der Waals surface area contributed by atoms with E-state index in [1.807, 2.05) is 18.2 Å². The molecular weight excluding hydrogens is 528 g/mol. The lowest BCUT2D eigenvalue weighted by atomic mass is 9.88. The van der Waals surface area contributed by atoms with Crippen molar-refractivity contribution in [2.45, 2.75) is 51.2 Å². The largest absolute Gasteiger partial charge is 0.508 e. The molecule has 0 unspecified atom stereocenters. The number of nitrogens with one attached hydrogen (secondary N) is 2. The van der Waals surface area contributed by atoms with E-state index < -0.39 is 0 Å². The van der Waals surface area contributed by atoms with Crippen LogP contribution in [0.3, 0.4) is 0 Å². The second kappa shape index (κ2) is 12.8. The molecule has 0 atom stereocenters. The second-order valence-electron chi connectivity index (χ2n) is 10.7. The van der Waals surface area contributed by atoms with Gasteiger partial charge < -0.3 is 9.84 Å². The van der Waals surface area contributed by atoms with Crippen molar-refractivity contribution in [1.29, 1.82) is 10.8 Å². The average molecular weight is 565 g/mol. The van der Waals surface area contributed by atoms with E-state index in [2.05, 4.69) is 36.2 Å². The number of carbonyl (C=O) groups is 1. The monoisotopic (exact) mass is 564 g/mol. The number of hydrogen-bond acceptors (Lipinski definition) is 7. The first kappa shape index (κ1) is 28.8. The molecule has 1 fully saturated rings. The molecule has 1 aliphatic carbocycles. The molecule has 0 spiro atoms. The normalized spacial score (nSPS) is 16.6. The van der Waals surface area contributed by atoms with Gasteiger partial charge in [-0.3, -0.25) is 25.4 Å². The van der Waals surface area contributed by atoms with Gasteiger partial charge in [0.15, 0.2) is 11.7 Å². The van der Waals surface area contributed by atoms with Gasteiger partial charge in [-0.25, -0.2) is 4.68 Å². The van der Waals surface area contributed by atoms with Crippen LogP contribution in [-0.2, 0) is 11.3 Å². The van der Waals surface area contributed by atoms with Crippen molar-refractivity contribution in [2.24, 2.45) is 0 Å². The summed E-state index contributed by atoms with van der Waals surface area (Å²) in [5.74, 6) is 0.179. The van der Waals surface area contributed by atoms with Crippen LogP contribution in [0, 0.1) is 10.8 Å².